The summed E-state index contributed by atoms with van der Waals surface area (Å²) >= 11 is 0. The highest BCUT2D eigenvalue weighted by molar-refractivity contribution is 5.72. The van der Waals surface area contributed by atoms with Crippen molar-refractivity contribution >= 4 is 11.5 Å². The fraction of sp³-hybridized carbons (Fsp3) is 0.241. The van der Waals surface area contributed by atoms with E-state index in [9.17, 15) is 22.7 Å². The Morgan fingerprint density at radius 3 is 2.61 bits per heavy atom. The number of fused-ring (bicyclic) bond motifs is 1. The number of ether oxygens (including phenoxy) is 1. The topological polar surface area (TPSA) is 67.3 Å². The molecule has 38 heavy (non-hydrogen) atoms. The largest absolute Gasteiger partial charge is 0.493 e. The van der Waals surface area contributed by atoms with Crippen LogP contribution < -0.4 is 10.1 Å². The second-order valence-electron chi connectivity index (χ2n) is 9.19. The Morgan fingerprint density at radius 1 is 1.00 bits per heavy atom. The van der Waals surface area contributed by atoms with Crippen LogP contribution >= 0.6 is 0 Å². The molecule has 5 nitrogen and oxygen atoms in total. The second-order valence-corrected chi connectivity index (χ2v) is 9.19. The number of alkyl halides is 3. The van der Waals surface area contributed by atoms with Gasteiger partial charge in [-0.05, 0) is 65.9 Å². The first-order chi connectivity index (χ1) is 18.3. The van der Waals surface area contributed by atoms with E-state index in [-0.39, 0.29) is 18.2 Å². The van der Waals surface area contributed by atoms with E-state index in [0.29, 0.717) is 36.3 Å². The van der Waals surface area contributed by atoms with E-state index in [2.05, 4.69) is 15.3 Å². The van der Waals surface area contributed by atoms with E-state index in [1.807, 2.05) is 18.2 Å². The molecular weight excluding hydrogens is 498 g/mol. The van der Waals surface area contributed by atoms with Gasteiger partial charge < -0.3 is 15.2 Å². The van der Waals surface area contributed by atoms with Gasteiger partial charge in [-0.1, -0.05) is 24.3 Å². The summed E-state index contributed by atoms with van der Waals surface area (Å²) in [5.74, 6) is 0.127. The monoisotopic (exact) mass is 523 g/mol. The maximum Gasteiger partial charge on any atom is 0.416 e. The molecule has 0 bridgehead atoms. The quantitative estimate of drug-likeness (QED) is 0.270. The minimum atomic E-state index is -4.54. The molecule has 9 heteroatoms. The van der Waals surface area contributed by atoms with Crippen molar-refractivity contribution in [3.8, 4) is 17.0 Å². The molecule has 0 fully saturated rings. The van der Waals surface area contributed by atoms with Gasteiger partial charge in [0.15, 0.2) is 0 Å². The number of hydrogen-bond donors (Lipinski definition) is 2. The molecule has 0 amide bonds. The summed E-state index contributed by atoms with van der Waals surface area (Å²) in [4.78, 5) is 8.57. The van der Waals surface area contributed by atoms with Crippen LogP contribution in [0.25, 0.3) is 11.3 Å². The molecule has 0 saturated carbocycles. The van der Waals surface area contributed by atoms with Crippen LogP contribution in [0, 0.1) is 5.82 Å². The third-order valence-corrected chi connectivity index (χ3v) is 6.54. The zero-order valence-corrected chi connectivity index (χ0v) is 20.3. The maximum absolute atomic E-state index is 13.5. The number of rotatable bonds is 7. The van der Waals surface area contributed by atoms with Crippen molar-refractivity contribution in [1.29, 1.82) is 0 Å². The normalized spacial score (nSPS) is 15.1. The Labute approximate surface area is 217 Å². The van der Waals surface area contributed by atoms with Crippen LogP contribution in [0.4, 0.5) is 29.1 Å². The van der Waals surface area contributed by atoms with Crippen LogP contribution in [0.2, 0.25) is 0 Å². The standard InChI is InChI=1S/C29H25F4N3O2/c30-21-8-4-18(5-9-21)12-13-38-27-14-20(29(31,32)33)7-11-23(27)26-16-28(35-17-34-26)36-25-3-1-2-19-6-10-22(37)15-24(19)25/h1-5,7-9,11,14,16-17,22,37H,6,10,12-13,15H2,(H,34,35,36). The zero-order chi connectivity index (χ0) is 26.7. The Bertz CT molecular complexity index is 1420. The van der Waals surface area contributed by atoms with Crippen molar-refractivity contribution in [2.75, 3.05) is 11.9 Å². The van der Waals surface area contributed by atoms with Gasteiger partial charge in [-0.15, -0.1) is 0 Å². The molecule has 5 rings (SSSR count). The Morgan fingerprint density at radius 2 is 1.82 bits per heavy atom. The Kier molecular flexibility index (Phi) is 7.28. The van der Waals surface area contributed by atoms with Gasteiger partial charge in [0.25, 0.3) is 0 Å². The molecule has 1 atom stereocenters. The Hall–Kier alpha value is -3.98. The number of aliphatic hydroxyl groups is 1. The van der Waals surface area contributed by atoms with Gasteiger partial charge in [0.1, 0.15) is 23.7 Å². The summed E-state index contributed by atoms with van der Waals surface area (Å²) in [6.07, 6.45) is -1.20. The maximum atomic E-state index is 13.5. The second kappa shape index (κ2) is 10.8. The van der Waals surface area contributed by atoms with E-state index in [1.54, 1.807) is 18.2 Å². The number of anilines is 2. The van der Waals surface area contributed by atoms with E-state index < -0.39 is 17.8 Å². The van der Waals surface area contributed by atoms with E-state index in [4.69, 9.17) is 4.74 Å². The van der Waals surface area contributed by atoms with Crippen molar-refractivity contribution in [2.45, 2.75) is 38.0 Å². The molecular formula is C29H25F4N3O2. The average Bonchev–Trinajstić information content (AvgIpc) is 2.90. The molecule has 1 aromatic heterocycles. The number of aryl methyl sites for hydroxylation is 1. The first kappa shape index (κ1) is 25.7. The molecule has 0 saturated heterocycles. The molecule has 1 aliphatic carbocycles. The number of aliphatic hydroxyl groups excluding tert-OH is 1. The number of benzene rings is 3. The van der Waals surface area contributed by atoms with Crippen molar-refractivity contribution in [3.63, 3.8) is 0 Å². The SMILES string of the molecule is OC1CCc2cccc(Nc3cc(-c4ccc(C(F)(F)F)cc4OCCc4ccc(F)cc4)ncn3)c2C1. The van der Waals surface area contributed by atoms with Crippen molar-refractivity contribution in [1.82, 2.24) is 9.97 Å². The minimum Gasteiger partial charge on any atom is -0.493 e. The predicted octanol–water partition coefficient (Wildman–Crippen LogP) is 6.52. The van der Waals surface area contributed by atoms with Gasteiger partial charge in [-0.3, -0.25) is 0 Å². The third kappa shape index (κ3) is 5.94. The molecule has 1 heterocycles. The first-order valence-electron chi connectivity index (χ1n) is 12.2. The molecule has 3 aromatic carbocycles. The van der Waals surface area contributed by atoms with Crippen molar-refractivity contribution < 1.29 is 27.4 Å². The summed E-state index contributed by atoms with van der Waals surface area (Å²) < 4.78 is 59.3. The van der Waals surface area contributed by atoms with Crippen molar-refractivity contribution in [2.24, 2.45) is 0 Å². The lowest BCUT2D eigenvalue weighted by Crippen LogP contribution is -2.19. The van der Waals surface area contributed by atoms with E-state index in [0.717, 1.165) is 40.9 Å². The van der Waals surface area contributed by atoms with Crippen LogP contribution in [0.1, 0.15) is 28.7 Å². The summed E-state index contributed by atoms with van der Waals surface area (Å²) in [5.41, 5.74) is 3.73. The predicted molar refractivity (Wildman–Crippen MR) is 136 cm³/mol. The fourth-order valence-corrected chi connectivity index (χ4v) is 4.56. The van der Waals surface area contributed by atoms with E-state index in [1.165, 1.54) is 24.5 Å². The summed E-state index contributed by atoms with van der Waals surface area (Å²) in [6, 6.07) is 16.7. The number of halogens is 4. The lowest BCUT2D eigenvalue weighted by atomic mass is 9.88. The molecule has 4 aromatic rings. The summed E-state index contributed by atoms with van der Waals surface area (Å²) in [5, 5.41) is 13.4. The lowest BCUT2D eigenvalue weighted by molar-refractivity contribution is -0.137. The number of nitrogens with zero attached hydrogens (tertiary/aromatic N) is 2. The van der Waals surface area contributed by atoms with Crippen LogP contribution in [-0.2, 0) is 25.4 Å². The molecule has 2 N–H and O–H groups in total. The molecule has 0 radical (unpaired) electrons. The Balaban J connectivity index is 1.42. The number of nitrogens with one attached hydrogen (secondary N) is 1. The van der Waals surface area contributed by atoms with Gasteiger partial charge in [0.05, 0.1) is 24.0 Å². The highest BCUT2D eigenvalue weighted by atomic mass is 19.4. The molecule has 0 spiro atoms. The number of hydrogen-bond acceptors (Lipinski definition) is 5. The van der Waals surface area contributed by atoms with Crippen LogP contribution in [0.15, 0.2) is 73.1 Å². The average molecular weight is 524 g/mol. The van der Waals surface area contributed by atoms with E-state index >= 15 is 0 Å². The summed E-state index contributed by atoms with van der Waals surface area (Å²) in [6.45, 7) is 0.0919. The molecule has 1 unspecified atom stereocenters. The van der Waals surface area contributed by atoms with Gasteiger partial charge in [-0.2, -0.15) is 13.2 Å². The van der Waals surface area contributed by atoms with Crippen LogP contribution in [0.5, 0.6) is 5.75 Å². The van der Waals surface area contributed by atoms with Gasteiger partial charge in [0.2, 0.25) is 0 Å². The number of aromatic nitrogens is 2. The molecule has 0 aliphatic heterocycles. The zero-order valence-electron chi connectivity index (χ0n) is 20.3. The molecule has 196 valence electrons. The minimum absolute atomic E-state index is 0.0341. The highest BCUT2D eigenvalue weighted by Crippen LogP contribution is 2.37. The van der Waals surface area contributed by atoms with Gasteiger partial charge >= 0.3 is 6.18 Å². The first-order valence-corrected chi connectivity index (χ1v) is 12.2. The summed E-state index contributed by atoms with van der Waals surface area (Å²) in [7, 11) is 0. The van der Waals surface area contributed by atoms with Gasteiger partial charge in [-0.25, -0.2) is 14.4 Å². The fourth-order valence-electron chi connectivity index (χ4n) is 4.56. The highest BCUT2D eigenvalue weighted by Gasteiger charge is 2.31. The smallest absolute Gasteiger partial charge is 0.416 e. The van der Waals surface area contributed by atoms with Crippen LogP contribution in [0.3, 0.4) is 0 Å². The van der Waals surface area contributed by atoms with Crippen molar-refractivity contribution in [3.05, 3.63) is 101 Å². The van der Waals surface area contributed by atoms with Crippen LogP contribution in [-0.4, -0.2) is 27.8 Å². The lowest BCUT2D eigenvalue weighted by Gasteiger charge is -2.23. The molecule has 1 aliphatic rings. The third-order valence-electron chi connectivity index (χ3n) is 6.54. The van der Waals surface area contributed by atoms with Gasteiger partial charge in [0, 0.05) is 30.2 Å².